The second-order valence-corrected chi connectivity index (χ2v) is 9.42. The molecule has 3 aromatic carbocycles. The fourth-order valence-electron chi connectivity index (χ4n) is 4.06. The van der Waals surface area contributed by atoms with Gasteiger partial charge in [-0.3, -0.25) is 24.2 Å². The van der Waals surface area contributed by atoms with Crippen molar-refractivity contribution in [2.75, 3.05) is 11.6 Å². The van der Waals surface area contributed by atoms with E-state index in [0.29, 0.717) is 26.7 Å². The summed E-state index contributed by atoms with van der Waals surface area (Å²) >= 11 is 7.95. The standard InChI is InChI=1S/C26H19ClN2O3S/c1-15-11-12-19-21(13-15)33-23(22(19)27)26(32)28(20-10-6-3-7-16(20)2)14-29-24(30)17-8-4-5-9-18(17)25(29)31/h3-13H,14H2,1-2H3. The Bertz CT molecular complexity index is 1420. The van der Waals surface area contributed by atoms with E-state index in [1.807, 2.05) is 50.2 Å². The Labute approximate surface area is 199 Å². The van der Waals surface area contributed by atoms with Crippen LogP contribution in [0.5, 0.6) is 0 Å². The van der Waals surface area contributed by atoms with Gasteiger partial charge in [-0.15, -0.1) is 11.3 Å². The molecular formula is C26H19ClN2O3S. The van der Waals surface area contributed by atoms with E-state index >= 15 is 0 Å². The summed E-state index contributed by atoms with van der Waals surface area (Å²) in [4.78, 5) is 42.8. The van der Waals surface area contributed by atoms with Crippen molar-refractivity contribution in [3.63, 3.8) is 0 Å². The number of hydrogen-bond acceptors (Lipinski definition) is 4. The van der Waals surface area contributed by atoms with Crippen molar-refractivity contribution in [2.24, 2.45) is 0 Å². The van der Waals surface area contributed by atoms with Crippen LogP contribution in [0.2, 0.25) is 5.02 Å². The molecule has 0 spiro atoms. The summed E-state index contributed by atoms with van der Waals surface area (Å²) in [5, 5.41) is 1.18. The highest BCUT2D eigenvalue weighted by Gasteiger charge is 2.38. The van der Waals surface area contributed by atoms with Crippen LogP contribution >= 0.6 is 22.9 Å². The average molecular weight is 475 g/mol. The summed E-state index contributed by atoms with van der Waals surface area (Å²) in [5.41, 5.74) is 3.21. The van der Waals surface area contributed by atoms with Crippen molar-refractivity contribution in [3.8, 4) is 0 Å². The van der Waals surface area contributed by atoms with Gasteiger partial charge in [0.25, 0.3) is 17.7 Å². The second-order valence-electron chi connectivity index (χ2n) is 7.99. The van der Waals surface area contributed by atoms with Crippen LogP contribution in [-0.2, 0) is 0 Å². The summed E-state index contributed by atoms with van der Waals surface area (Å²) < 4.78 is 0.911. The van der Waals surface area contributed by atoms with Crippen LogP contribution < -0.4 is 4.90 Å². The lowest BCUT2D eigenvalue weighted by molar-refractivity contribution is 0.0650. The number of nitrogens with zero attached hydrogens (tertiary/aromatic N) is 2. The van der Waals surface area contributed by atoms with E-state index < -0.39 is 11.8 Å². The Balaban J connectivity index is 1.59. The molecule has 33 heavy (non-hydrogen) atoms. The molecule has 7 heteroatoms. The fourth-order valence-corrected chi connectivity index (χ4v) is 5.62. The zero-order valence-corrected chi connectivity index (χ0v) is 19.5. The maximum atomic E-state index is 13.8. The third kappa shape index (κ3) is 3.52. The molecule has 0 atom stereocenters. The predicted molar refractivity (Wildman–Crippen MR) is 131 cm³/mol. The van der Waals surface area contributed by atoms with Gasteiger partial charge in [0.1, 0.15) is 11.5 Å². The monoisotopic (exact) mass is 474 g/mol. The maximum Gasteiger partial charge on any atom is 0.271 e. The molecule has 0 bridgehead atoms. The molecule has 1 aliphatic rings. The van der Waals surface area contributed by atoms with Crippen molar-refractivity contribution in [1.29, 1.82) is 0 Å². The van der Waals surface area contributed by atoms with Gasteiger partial charge in [0, 0.05) is 15.8 Å². The van der Waals surface area contributed by atoms with E-state index in [-0.39, 0.29) is 12.6 Å². The van der Waals surface area contributed by atoms with Crippen molar-refractivity contribution in [1.82, 2.24) is 4.90 Å². The number of carbonyl (C=O) groups excluding carboxylic acids is 3. The Morgan fingerprint density at radius 3 is 2.24 bits per heavy atom. The Morgan fingerprint density at radius 1 is 0.939 bits per heavy atom. The molecule has 5 nitrogen and oxygen atoms in total. The quantitative estimate of drug-likeness (QED) is 0.337. The van der Waals surface area contributed by atoms with Gasteiger partial charge in [-0.05, 0) is 49.2 Å². The number of para-hydroxylation sites is 1. The summed E-state index contributed by atoms with van der Waals surface area (Å²) in [6, 6.07) is 19.9. The van der Waals surface area contributed by atoms with Crippen LogP contribution in [0.15, 0.2) is 66.7 Å². The number of carbonyl (C=O) groups is 3. The first-order valence-corrected chi connectivity index (χ1v) is 11.6. The number of imide groups is 1. The number of rotatable bonds is 4. The first-order valence-electron chi connectivity index (χ1n) is 10.4. The molecular weight excluding hydrogens is 456 g/mol. The van der Waals surface area contributed by atoms with E-state index in [4.69, 9.17) is 11.6 Å². The topological polar surface area (TPSA) is 57.7 Å². The molecule has 2 heterocycles. The van der Waals surface area contributed by atoms with Gasteiger partial charge in [-0.2, -0.15) is 0 Å². The van der Waals surface area contributed by atoms with Crippen LogP contribution in [0.1, 0.15) is 41.5 Å². The number of benzene rings is 3. The number of anilines is 1. The van der Waals surface area contributed by atoms with E-state index in [1.165, 1.54) is 16.2 Å². The maximum absolute atomic E-state index is 13.8. The highest BCUT2D eigenvalue weighted by molar-refractivity contribution is 7.21. The summed E-state index contributed by atoms with van der Waals surface area (Å²) in [6.45, 7) is 3.66. The highest BCUT2D eigenvalue weighted by atomic mass is 35.5. The number of thiophene rings is 1. The number of aryl methyl sites for hydroxylation is 2. The largest absolute Gasteiger partial charge is 0.289 e. The van der Waals surface area contributed by atoms with Gasteiger partial charge in [0.15, 0.2) is 0 Å². The summed E-state index contributed by atoms with van der Waals surface area (Å²) in [5.74, 6) is -1.19. The molecule has 4 aromatic rings. The molecule has 0 saturated carbocycles. The SMILES string of the molecule is Cc1ccc2c(Cl)c(C(=O)N(CN3C(=O)c4ccccc4C3=O)c3ccccc3C)sc2c1. The van der Waals surface area contributed by atoms with Crippen molar-refractivity contribution < 1.29 is 14.4 Å². The van der Waals surface area contributed by atoms with E-state index in [2.05, 4.69) is 0 Å². The molecule has 5 rings (SSSR count). The Kier molecular flexibility index (Phi) is 5.27. The summed E-state index contributed by atoms with van der Waals surface area (Å²) in [6.07, 6.45) is 0. The van der Waals surface area contributed by atoms with Crippen molar-refractivity contribution in [2.45, 2.75) is 13.8 Å². The Hall–Kier alpha value is -3.48. The third-order valence-corrected chi connectivity index (χ3v) is 7.44. The van der Waals surface area contributed by atoms with Crippen LogP contribution in [0.25, 0.3) is 10.1 Å². The molecule has 0 saturated heterocycles. The molecule has 1 aromatic heterocycles. The van der Waals surface area contributed by atoms with Gasteiger partial charge in [-0.1, -0.05) is 54.1 Å². The molecule has 0 aliphatic carbocycles. The van der Waals surface area contributed by atoms with Crippen LogP contribution in [-0.4, -0.2) is 29.3 Å². The zero-order valence-electron chi connectivity index (χ0n) is 18.0. The molecule has 3 amide bonds. The normalized spacial score (nSPS) is 13.0. The van der Waals surface area contributed by atoms with Gasteiger partial charge >= 0.3 is 0 Å². The minimum atomic E-state index is -0.417. The van der Waals surface area contributed by atoms with Crippen molar-refractivity contribution in [3.05, 3.63) is 98.9 Å². The minimum absolute atomic E-state index is 0.209. The molecule has 0 N–H and O–H groups in total. The smallest absolute Gasteiger partial charge is 0.271 e. The molecule has 0 radical (unpaired) electrons. The average Bonchev–Trinajstić information content (AvgIpc) is 3.26. The third-order valence-electron chi connectivity index (χ3n) is 5.79. The first kappa shape index (κ1) is 21.4. The zero-order chi connectivity index (χ0) is 23.3. The minimum Gasteiger partial charge on any atom is -0.289 e. The fraction of sp³-hybridized carbons (Fsp3) is 0.115. The molecule has 164 valence electrons. The lowest BCUT2D eigenvalue weighted by atomic mass is 10.1. The predicted octanol–water partition coefficient (Wildman–Crippen LogP) is 6.07. The summed E-state index contributed by atoms with van der Waals surface area (Å²) in [7, 11) is 0. The molecule has 1 aliphatic heterocycles. The number of halogens is 1. The van der Waals surface area contributed by atoms with Gasteiger partial charge in [0.05, 0.1) is 16.1 Å². The van der Waals surface area contributed by atoms with Crippen LogP contribution in [0, 0.1) is 13.8 Å². The second kappa shape index (κ2) is 8.14. The number of hydrogen-bond donors (Lipinski definition) is 0. The lowest BCUT2D eigenvalue weighted by Gasteiger charge is -2.28. The molecule has 0 fully saturated rings. The van der Waals surface area contributed by atoms with Gasteiger partial charge in [0.2, 0.25) is 0 Å². The van der Waals surface area contributed by atoms with Gasteiger partial charge < -0.3 is 0 Å². The number of amides is 3. The van der Waals surface area contributed by atoms with E-state index in [0.717, 1.165) is 26.1 Å². The first-order chi connectivity index (χ1) is 15.9. The highest BCUT2D eigenvalue weighted by Crippen LogP contribution is 2.38. The Morgan fingerprint density at radius 2 is 1.58 bits per heavy atom. The number of fused-ring (bicyclic) bond motifs is 2. The van der Waals surface area contributed by atoms with E-state index in [1.54, 1.807) is 30.3 Å². The van der Waals surface area contributed by atoms with Crippen LogP contribution in [0.3, 0.4) is 0 Å². The van der Waals surface area contributed by atoms with Crippen LogP contribution in [0.4, 0.5) is 5.69 Å². The molecule has 0 unspecified atom stereocenters. The van der Waals surface area contributed by atoms with Gasteiger partial charge in [-0.25, -0.2) is 0 Å². The van der Waals surface area contributed by atoms with E-state index in [9.17, 15) is 14.4 Å². The van der Waals surface area contributed by atoms with Crippen molar-refractivity contribution >= 4 is 56.4 Å². The lowest BCUT2D eigenvalue weighted by Crippen LogP contribution is -2.44.